The van der Waals surface area contributed by atoms with Crippen LogP contribution in [0.3, 0.4) is 0 Å². The van der Waals surface area contributed by atoms with E-state index in [1.54, 1.807) is 0 Å². The molecule has 22 heavy (non-hydrogen) atoms. The molecule has 0 unspecified atom stereocenters. The van der Waals surface area contributed by atoms with Gasteiger partial charge >= 0.3 is 5.97 Å². The molecule has 1 saturated heterocycles. The summed E-state index contributed by atoms with van der Waals surface area (Å²) in [5.74, 6) is -0.279. The predicted molar refractivity (Wildman–Crippen MR) is 82.8 cm³/mol. The van der Waals surface area contributed by atoms with Gasteiger partial charge in [-0.05, 0) is 43.7 Å². The van der Waals surface area contributed by atoms with Crippen molar-refractivity contribution in [3.05, 3.63) is 24.3 Å². The number of carbonyl (C=O) groups is 1. The zero-order valence-corrected chi connectivity index (χ0v) is 13.5. The molecule has 0 aromatic heterocycles. The number of primary sulfonamides is 1. The van der Waals surface area contributed by atoms with Crippen molar-refractivity contribution in [2.24, 2.45) is 5.14 Å². The molecule has 1 atom stereocenters. The largest absolute Gasteiger partial charge is 0.492 e. The van der Waals surface area contributed by atoms with Crippen molar-refractivity contribution in [1.29, 1.82) is 0 Å². The number of ether oxygens (including phenoxy) is 1. The van der Waals surface area contributed by atoms with E-state index in [9.17, 15) is 13.2 Å². The Hall–Kier alpha value is -1.35. The van der Waals surface area contributed by atoms with Gasteiger partial charge in [-0.15, -0.1) is 12.4 Å². The smallest absolute Gasteiger partial charge is 0.320 e. The minimum absolute atomic E-state index is 0. The maximum atomic E-state index is 11.1. The van der Waals surface area contributed by atoms with Gasteiger partial charge in [0.1, 0.15) is 18.4 Å². The Bertz CT molecular complexity index is 605. The average molecular weight is 351 g/mol. The number of likely N-dealkylation sites (tertiary alicyclic amines) is 1. The normalized spacial score (nSPS) is 18.7. The minimum Gasteiger partial charge on any atom is -0.492 e. The van der Waals surface area contributed by atoms with Crippen LogP contribution in [0.2, 0.25) is 0 Å². The summed E-state index contributed by atoms with van der Waals surface area (Å²) in [5, 5.41) is 14.1. The van der Waals surface area contributed by atoms with Crippen LogP contribution in [0.5, 0.6) is 5.75 Å². The number of benzene rings is 1. The van der Waals surface area contributed by atoms with E-state index in [1.807, 2.05) is 4.90 Å². The number of carboxylic acids is 1. The zero-order valence-electron chi connectivity index (χ0n) is 11.8. The highest BCUT2D eigenvalue weighted by atomic mass is 35.5. The highest BCUT2D eigenvalue weighted by Crippen LogP contribution is 2.18. The topological polar surface area (TPSA) is 110 Å². The van der Waals surface area contributed by atoms with Crippen LogP contribution in [0.1, 0.15) is 12.8 Å². The fourth-order valence-corrected chi connectivity index (χ4v) is 2.90. The second kappa shape index (κ2) is 7.77. The Morgan fingerprint density at radius 2 is 2.00 bits per heavy atom. The second-order valence-electron chi connectivity index (χ2n) is 4.90. The Kier molecular flexibility index (Phi) is 6.61. The molecule has 0 saturated carbocycles. The van der Waals surface area contributed by atoms with Crippen molar-refractivity contribution < 1.29 is 23.1 Å². The first-order chi connectivity index (χ1) is 9.88. The summed E-state index contributed by atoms with van der Waals surface area (Å²) < 4.78 is 27.7. The van der Waals surface area contributed by atoms with E-state index in [2.05, 4.69) is 0 Å². The summed E-state index contributed by atoms with van der Waals surface area (Å²) in [4.78, 5) is 12.9. The SMILES string of the molecule is Cl.NS(=O)(=O)c1ccc(OCCN2CCC[C@H]2C(=O)O)cc1. The molecule has 0 amide bonds. The van der Waals surface area contributed by atoms with Crippen LogP contribution in [0.15, 0.2) is 29.2 Å². The predicted octanol–water partition coefficient (Wildman–Crippen LogP) is 0.684. The van der Waals surface area contributed by atoms with Crippen molar-refractivity contribution in [3.63, 3.8) is 0 Å². The summed E-state index contributed by atoms with van der Waals surface area (Å²) in [7, 11) is -3.70. The quantitative estimate of drug-likeness (QED) is 0.780. The maximum absolute atomic E-state index is 11.1. The maximum Gasteiger partial charge on any atom is 0.320 e. The van der Waals surface area contributed by atoms with Crippen LogP contribution < -0.4 is 9.88 Å². The van der Waals surface area contributed by atoms with Crippen LogP contribution >= 0.6 is 12.4 Å². The Balaban J connectivity index is 0.00000242. The molecule has 0 spiro atoms. The van der Waals surface area contributed by atoms with E-state index in [1.165, 1.54) is 24.3 Å². The highest BCUT2D eigenvalue weighted by molar-refractivity contribution is 7.89. The monoisotopic (exact) mass is 350 g/mol. The first kappa shape index (κ1) is 18.7. The highest BCUT2D eigenvalue weighted by Gasteiger charge is 2.29. The number of hydrogen-bond donors (Lipinski definition) is 2. The number of nitrogens with zero attached hydrogens (tertiary/aromatic N) is 1. The van der Waals surface area contributed by atoms with Gasteiger partial charge in [0.2, 0.25) is 10.0 Å². The second-order valence-corrected chi connectivity index (χ2v) is 6.46. The van der Waals surface area contributed by atoms with E-state index < -0.39 is 22.0 Å². The number of rotatable bonds is 6. The zero-order chi connectivity index (χ0) is 15.5. The molecular weight excluding hydrogens is 332 g/mol. The number of nitrogens with two attached hydrogens (primary N) is 1. The van der Waals surface area contributed by atoms with Crippen molar-refractivity contribution in [1.82, 2.24) is 4.90 Å². The van der Waals surface area contributed by atoms with E-state index in [0.29, 0.717) is 25.3 Å². The van der Waals surface area contributed by atoms with Crippen LogP contribution in [-0.2, 0) is 14.8 Å². The van der Waals surface area contributed by atoms with E-state index in [-0.39, 0.29) is 17.3 Å². The molecule has 1 aliphatic rings. The van der Waals surface area contributed by atoms with Gasteiger partial charge in [-0.3, -0.25) is 9.69 Å². The van der Waals surface area contributed by atoms with E-state index in [0.717, 1.165) is 13.0 Å². The Morgan fingerprint density at radius 3 is 2.55 bits per heavy atom. The molecule has 9 heteroatoms. The van der Waals surface area contributed by atoms with Crippen molar-refractivity contribution >= 4 is 28.4 Å². The standard InChI is InChI=1S/C13H18N2O5S.ClH/c14-21(18,19)11-5-3-10(4-6-11)20-9-8-15-7-1-2-12(15)13(16)17;/h3-6,12H,1-2,7-9H2,(H,16,17)(H2,14,18,19);1H/t12-;/m0./s1. The summed E-state index contributed by atoms with van der Waals surface area (Å²) in [6.45, 7) is 1.62. The molecule has 3 N–H and O–H groups in total. The van der Waals surface area contributed by atoms with Gasteiger partial charge < -0.3 is 9.84 Å². The van der Waals surface area contributed by atoms with Crippen LogP contribution in [0.25, 0.3) is 0 Å². The molecule has 124 valence electrons. The third-order valence-electron chi connectivity index (χ3n) is 3.45. The number of aliphatic carboxylic acids is 1. The lowest BCUT2D eigenvalue weighted by Gasteiger charge is -2.20. The molecule has 2 rings (SSSR count). The molecular formula is C13H19ClN2O5S. The number of hydrogen-bond acceptors (Lipinski definition) is 5. The molecule has 0 bridgehead atoms. The molecule has 1 heterocycles. The van der Waals surface area contributed by atoms with Gasteiger partial charge in [-0.2, -0.15) is 0 Å². The molecule has 1 aromatic carbocycles. The first-order valence-electron chi connectivity index (χ1n) is 6.60. The van der Waals surface area contributed by atoms with Crippen molar-refractivity contribution in [3.8, 4) is 5.75 Å². The number of sulfonamides is 1. The lowest BCUT2D eigenvalue weighted by Crippen LogP contribution is -2.38. The lowest BCUT2D eigenvalue weighted by atomic mass is 10.2. The molecule has 0 radical (unpaired) electrons. The van der Waals surface area contributed by atoms with Gasteiger partial charge in [0.15, 0.2) is 0 Å². The third kappa shape index (κ3) is 4.84. The molecule has 0 aliphatic carbocycles. The Labute approximate surface area is 135 Å². The number of carboxylic acid groups (broad SMARTS) is 1. The molecule has 1 aliphatic heterocycles. The number of halogens is 1. The first-order valence-corrected chi connectivity index (χ1v) is 8.15. The fourth-order valence-electron chi connectivity index (χ4n) is 2.38. The van der Waals surface area contributed by atoms with Crippen LogP contribution in [0, 0.1) is 0 Å². The van der Waals surface area contributed by atoms with E-state index >= 15 is 0 Å². The molecule has 7 nitrogen and oxygen atoms in total. The fraction of sp³-hybridized carbons (Fsp3) is 0.462. The lowest BCUT2D eigenvalue weighted by molar-refractivity contribution is -0.142. The molecule has 1 aromatic rings. The van der Waals surface area contributed by atoms with Crippen LogP contribution in [-0.4, -0.2) is 50.1 Å². The van der Waals surface area contributed by atoms with Crippen molar-refractivity contribution in [2.45, 2.75) is 23.8 Å². The summed E-state index contributed by atoms with van der Waals surface area (Å²) in [6.07, 6.45) is 1.54. The van der Waals surface area contributed by atoms with Gasteiger partial charge in [-0.1, -0.05) is 0 Å². The van der Waals surface area contributed by atoms with E-state index in [4.69, 9.17) is 15.0 Å². The summed E-state index contributed by atoms with van der Waals surface area (Å²) >= 11 is 0. The van der Waals surface area contributed by atoms with Gasteiger partial charge in [0.25, 0.3) is 0 Å². The van der Waals surface area contributed by atoms with Gasteiger partial charge in [0, 0.05) is 6.54 Å². The summed E-state index contributed by atoms with van der Waals surface area (Å²) in [5.41, 5.74) is 0. The minimum atomic E-state index is -3.70. The molecule has 1 fully saturated rings. The van der Waals surface area contributed by atoms with Crippen molar-refractivity contribution in [2.75, 3.05) is 19.7 Å². The van der Waals surface area contributed by atoms with Crippen LogP contribution in [0.4, 0.5) is 0 Å². The average Bonchev–Trinajstić information content (AvgIpc) is 2.87. The third-order valence-corrected chi connectivity index (χ3v) is 4.38. The van der Waals surface area contributed by atoms with Gasteiger partial charge in [0.05, 0.1) is 4.90 Å². The Morgan fingerprint density at radius 1 is 1.36 bits per heavy atom. The van der Waals surface area contributed by atoms with Gasteiger partial charge in [-0.25, -0.2) is 13.6 Å². The summed E-state index contributed by atoms with van der Waals surface area (Å²) in [6, 6.07) is 5.37.